The molecule has 1 aromatic heterocycles. The third kappa shape index (κ3) is 5.06. The number of aromatic nitrogens is 1. The molecule has 5 N–H and O–H groups in total. The summed E-state index contributed by atoms with van der Waals surface area (Å²) in [6.45, 7) is 1.78. The van der Waals surface area contributed by atoms with E-state index in [1.807, 2.05) is 12.1 Å². The summed E-state index contributed by atoms with van der Waals surface area (Å²) >= 11 is 0. The Morgan fingerprint density at radius 2 is 1.85 bits per heavy atom. The Hall–Kier alpha value is -5.06. The summed E-state index contributed by atoms with van der Waals surface area (Å²) in [5.41, 5.74) is 8.15. The number of carbonyl (C=O) groups is 2. The number of hydrogen-bond acceptors (Lipinski definition) is 3. The summed E-state index contributed by atoms with van der Waals surface area (Å²) in [5, 5.41) is 6.01. The molecule has 39 heavy (non-hydrogen) atoms. The number of fused-ring (bicyclic) bond motifs is 1. The lowest BCUT2D eigenvalue weighted by molar-refractivity contribution is -0.137. The third-order valence-corrected chi connectivity index (χ3v) is 6.22. The normalized spacial score (nSPS) is 13.8. The van der Waals surface area contributed by atoms with Crippen LogP contribution in [0.3, 0.4) is 0 Å². The van der Waals surface area contributed by atoms with Crippen LogP contribution in [0.15, 0.2) is 72.9 Å². The first-order valence-electron chi connectivity index (χ1n) is 11.7. The first kappa shape index (κ1) is 25.6. The van der Waals surface area contributed by atoms with Gasteiger partial charge in [-0.2, -0.15) is 13.2 Å². The van der Waals surface area contributed by atoms with Crippen molar-refractivity contribution in [2.45, 2.75) is 13.1 Å². The molecule has 0 aliphatic carbocycles. The van der Waals surface area contributed by atoms with Gasteiger partial charge in [-0.3, -0.25) is 9.69 Å². The smallest absolute Gasteiger partial charge is 0.362 e. The molecule has 0 spiro atoms. The van der Waals surface area contributed by atoms with Gasteiger partial charge in [0.1, 0.15) is 5.82 Å². The molecular weight excluding hydrogens is 514 g/mol. The van der Waals surface area contributed by atoms with Crippen molar-refractivity contribution in [3.8, 4) is 0 Å². The SMILES string of the molecule is Cc1ccc(N(C(N)=O)c2cc(C(F)(F)F)ccc2F)cc1Nc1ccc2c(c1)NC(=O)C2=Cc1ccc[nH]1. The largest absolute Gasteiger partial charge is 0.416 e. The maximum Gasteiger partial charge on any atom is 0.416 e. The number of benzene rings is 3. The molecule has 0 unspecified atom stereocenters. The van der Waals surface area contributed by atoms with E-state index in [1.54, 1.807) is 43.5 Å². The van der Waals surface area contributed by atoms with Crippen LogP contribution >= 0.6 is 0 Å². The molecule has 11 heteroatoms. The van der Waals surface area contributed by atoms with E-state index in [0.717, 1.165) is 11.3 Å². The number of nitrogens with one attached hydrogen (secondary N) is 3. The highest BCUT2D eigenvalue weighted by molar-refractivity contribution is 6.35. The van der Waals surface area contributed by atoms with Crippen molar-refractivity contribution in [1.82, 2.24) is 4.98 Å². The van der Waals surface area contributed by atoms with Gasteiger partial charge in [0.15, 0.2) is 0 Å². The molecule has 0 fully saturated rings. The van der Waals surface area contributed by atoms with Gasteiger partial charge in [-0.05, 0) is 73.2 Å². The molecule has 0 radical (unpaired) electrons. The lowest BCUT2D eigenvalue weighted by Crippen LogP contribution is -2.32. The maximum absolute atomic E-state index is 14.6. The van der Waals surface area contributed by atoms with Crippen LogP contribution in [0.25, 0.3) is 11.6 Å². The highest BCUT2D eigenvalue weighted by atomic mass is 19.4. The highest BCUT2D eigenvalue weighted by Gasteiger charge is 2.33. The van der Waals surface area contributed by atoms with Crippen LogP contribution in [0, 0.1) is 12.7 Å². The van der Waals surface area contributed by atoms with Gasteiger partial charge in [-0.1, -0.05) is 12.1 Å². The number of rotatable bonds is 5. The first-order valence-corrected chi connectivity index (χ1v) is 11.7. The monoisotopic (exact) mass is 535 g/mol. The number of hydrogen-bond donors (Lipinski definition) is 4. The second-order valence-corrected chi connectivity index (χ2v) is 8.86. The van der Waals surface area contributed by atoms with E-state index in [2.05, 4.69) is 15.6 Å². The number of aromatic amines is 1. The number of alkyl halides is 3. The van der Waals surface area contributed by atoms with Gasteiger partial charge in [0.2, 0.25) is 0 Å². The molecule has 1 aliphatic rings. The zero-order chi connectivity index (χ0) is 27.9. The fourth-order valence-corrected chi connectivity index (χ4v) is 4.29. The van der Waals surface area contributed by atoms with Crippen LogP contribution in [-0.2, 0) is 11.0 Å². The summed E-state index contributed by atoms with van der Waals surface area (Å²) in [5.74, 6) is -1.30. The number of carbonyl (C=O) groups excluding carboxylic acids is 2. The average Bonchev–Trinajstić information content (AvgIpc) is 3.49. The second-order valence-electron chi connectivity index (χ2n) is 8.86. The fraction of sp³-hybridized carbons (Fsp3) is 0.0714. The van der Waals surface area contributed by atoms with Crippen LogP contribution in [0.4, 0.5) is 50.8 Å². The van der Waals surface area contributed by atoms with Crippen molar-refractivity contribution >= 4 is 52.0 Å². The number of primary amides is 1. The van der Waals surface area contributed by atoms with Crippen molar-refractivity contribution < 1.29 is 27.2 Å². The number of nitrogens with zero attached hydrogens (tertiary/aromatic N) is 1. The lowest BCUT2D eigenvalue weighted by atomic mass is 10.1. The van der Waals surface area contributed by atoms with Gasteiger partial charge in [0, 0.05) is 28.8 Å². The predicted octanol–water partition coefficient (Wildman–Crippen LogP) is 6.93. The molecule has 0 saturated carbocycles. The first-order chi connectivity index (χ1) is 18.5. The standard InChI is InChI=1S/C28H21F4N5O2/c1-15-4-7-19(37(27(33)39)25-11-16(28(30,31)32)5-9-22(25)29)14-23(15)35-18-6-8-20-21(12-17-3-2-10-34-17)26(38)36-24(20)13-18/h2-14,34-35H,1H3,(H2,33,39)(H,36,38). The Kier molecular flexibility index (Phi) is 6.35. The molecule has 0 bridgehead atoms. The van der Waals surface area contributed by atoms with E-state index in [0.29, 0.717) is 51.3 Å². The average molecular weight is 536 g/mol. The van der Waals surface area contributed by atoms with Gasteiger partial charge in [0.05, 0.1) is 28.2 Å². The minimum Gasteiger partial charge on any atom is -0.362 e. The molecule has 5 rings (SSSR count). The van der Waals surface area contributed by atoms with Crippen LogP contribution in [0.2, 0.25) is 0 Å². The van der Waals surface area contributed by atoms with Gasteiger partial charge in [0.25, 0.3) is 5.91 Å². The number of urea groups is 1. The molecule has 7 nitrogen and oxygen atoms in total. The van der Waals surface area contributed by atoms with Crippen molar-refractivity contribution in [3.05, 3.63) is 101 Å². The van der Waals surface area contributed by atoms with Crippen LogP contribution in [0.5, 0.6) is 0 Å². The Labute approximate surface area is 219 Å². The maximum atomic E-state index is 14.6. The van der Waals surface area contributed by atoms with E-state index in [9.17, 15) is 27.2 Å². The van der Waals surface area contributed by atoms with Gasteiger partial charge in [-0.15, -0.1) is 0 Å². The molecule has 0 atom stereocenters. The second kappa shape index (κ2) is 9.67. The predicted molar refractivity (Wildman–Crippen MR) is 141 cm³/mol. The Morgan fingerprint density at radius 1 is 1.05 bits per heavy atom. The fourth-order valence-electron chi connectivity index (χ4n) is 4.29. The van der Waals surface area contributed by atoms with Crippen LogP contribution in [0.1, 0.15) is 22.4 Å². The summed E-state index contributed by atoms with van der Waals surface area (Å²) in [6.07, 6.45) is -1.25. The molecular formula is C28H21F4N5O2. The number of halogens is 4. The molecule has 4 aromatic rings. The highest BCUT2D eigenvalue weighted by Crippen LogP contribution is 2.38. The van der Waals surface area contributed by atoms with Gasteiger partial charge in [-0.25, -0.2) is 9.18 Å². The van der Waals surface area contributed by atoms with Crippen molar-refractivity contribution in [3.63, 3.8) is 0 Å². The van der Waals surface area contributed by atoms with E-state index >= 15 is 0 Å². The number of amides is 3. The molecule has 2 heterocycles. The topological polar surface area (TPSA) is 103 Å². The Bertz CT molecular complexity index is 1630. The van der Waals surface area contributed by atoms with Gasteiger partial charge >= 0.3 is 12.2 Å². The van der Waals surface area contributed by atoms with E-state index in [4.69, 9.17) is 5.73 Å². The van der Waals surface area contributed by atoms with Crippen LogP contribution in [-0.4, -0.2) is 16.9 Å². The van der Waals surface area contributed by atoms with E-state index in [1.165, 1.54) is 12.1 Å². The van der Waals surface area contributed by atoms with Crippen molar-refractivity contribution in [1.29, 1.82) is 0 Å². The lowest BCUT2D eigenvalue weighted by Gasteiger charge is -2.23. The van der Waals surface area contributed by atoms with Gasteiger partial charge < -0.3 is 21.4 Å². The molecule has 3 aromatic carbocycles. The molecule has 0 saturated heterocycles. The van der Waals surface area contributed by atoms with E-state index in [-0.39, 0.29) is 11.6 Å². The van der Waals surface area contributed by atoms with E-state index < -0.39 is 29.3 Å². The number of anilines is 5. The van der Waals surface area contributed by atoms with Crippen LogP contribution < -0.4 is 21.3 Å². The Balaban J connectivity index is 1.48. The summed E-state index contributed by atoms with van der Waals surface area (Å²) < 4.78 is 54.4. The summed E-state index contributed by atoms with van der Waals surface area (Å²) in [4.78, 5) is 28.6. The summed E-state index contributed by atoms with van der Waals surface area (Å²) in [6, 6.07) is 14.1. The molecule has 3 amide bonds. The minimum atomic E-state index is -4.74. The summed E-state index contributed by atoms with van der Waals surface area (Å²) in [7, 11) is 0. The zero-order valence-corrected chi connectivity index (χ0v) is 20.4. The quantitative estimate of drug-likeness (QED) is 0.165. The minimum absolute atomic E-state index is 0.0551. The Morgan fingerprint density at radius 3 is 2.54 bits per heavy atom. The number of H-pyrrole nitrogens is 1. The number of nitrogens with two attached hydrogens (primary N) is 1. The molecule has 1 aliphatic heterocycles. The van der Waals surface area contributed by atoms with Crippen molar-refractivity contribution in [2.24, 2.45) is 5.73 Å². The third-order valence-electron chi connectivity index (χ3n) is 6.22. The zero-order valence-electron chi connectivity index (χ0n) is 20.4. The van der Waals surface area contributed by atoms with Crippen molar-refractivity contribution in [2.75, 3.05) is 15.5 Å². The number of aryl methyl sites for hydroxylation is 1. The molecule has 198 valence electrons.